The molecule has 1 aromatic carbocycles. The number of rotatable bonds is 4. The van der Waals surface area contributed by atoms with Crippen LogP contribution in [0.5, 0.6) is 0 Å². The smallest absolute Gasteiger partial charge is 0.0718 e. The van der Waals surface area contributed by atoms with Crippen LogP contribution in [0.1, 0.15) is 19.4 Å². The highest BCUT2D eigenvalue weighted by atomic mass is 79.9. The fourth-order valence-corrected chi connectivity index (χ4v) is 2.24. The zero-order chi connectivity index (χ0) is 12.3. The third-order valence-electron chi connectivity index (χ3n) is 2.24. The average Bonchev–Trinajstić information content (AvgIpc) is 2.08. The zero-order valence-corrected chi connectivity index (χ0v) is 11.6. The van der Waals surface area contributed by atoms with Crippen molar-refractivity contribution in [1.29, 1.82) is 0 Å². The van der Waals surface area contributed by atoms with Gasteiger partial charge in [0.25, 0.3) is 0 Å². The van der Waals surface area contributed by atoms with Gasteiger partial charge in [-0.3, -0.25) is 4.90 Å². The van der Waals surface area contributed by atoms with E-state index in [1.165, 1.54) is 0 Å². The molecule has 0 amide bonds. The first-order valence-corrected chi connectivity index (χ1v) is 6.03. The third kappa shape index (κ3) is 4.12. The van der Waals surface area contributed by atoms with E-state index in [1.54, 1.807) is 13.8 Å². The van der Waals surface area contributed by atoms with E-state index in [9.17, 15) is 5.11 Å². The normalized spacial score (nSPS) is 12.1. The minimum absolute atomic E-state index is 0.605. The number of nitrogens with zero attached hydrogens (tertiary/aromatic N) is 1. The van der Waals surface area contributed by atoms with Gasteiger partial charge in [-0.05, 0) is 33.0 Å². The first-order chi connectivity index (χ1) is 7.29. The summed E-state index contributed by atoms with van der Waals surface area (Å²) in [5.41, 5.74) is 7.06. The van der Waals surface area contributed by atoms with Crippen molar-refractivity contribution in [2.24, 2.45) is 0 Å². The van der Waals surface area contributed by atoms with Crippen molar-refractivity contribution in [2.45, 2.75) is 26.0 Å². The van der Waals surface area contributed by atoms with Crippen molar-refractivity contribution >= 4 is 21.6 Å². The van der Waals surface area contributed by atoms with E-state index in [0.29, 0.717) is 6.54 Å². The second-order valence-electron chi connectivity index (χ2n) is 4.79. The van der Waals surface area contributed by atoms with E-state index in [0.717, 1.165) is 22.3 Å². The molecule has 0 saturated heterocycles. The largest absolute Gasteiger partial charge is 0.398 e. The van der Waals surface area contributed by atoms with Crippen LogP contribution in [-0.4, -0.2) is 29.2 Å². The van der Waals surface area contributed by atoms with Crippen molar-refractivity contribution in [3.8, 4) is 0 Å². The van der Waals surface area contributed by atoms with Crippen LogP contribution in [0.3, 0.4) is 0 Å². The first kappa shape index (κ1) is 13.5. The molecule has 16 heavy (non-hydrogen) atoms. The lowest BCUT2D eigenvalue weighted by molar-refractivity contribution is 0.0425. The van der Waals surface area contributed by atoms with E-state index >= 15 is 0 Å². The molecule has 0 aromatic heterocycles. The van der Waals surface area contributed by atoms with Gasteiger partial charge in [-0.15, -0.1) is 0 Å². The van der Waals surface area contributed by atoms with E-state index in [-0.39, 0.29) is 0 Å². The van der Waals surface area contributed by atoms with Crippen molar-refractivity contribution in [2.75, 3.05) is 19.3 Å². The van der Waals surface area contributed by atoms with E-state index in [1.807, 2.05) is 25.2 Å². The Kier molecular flexibility index (Phi) is 4.35. The molecule has 3 nitrogen and oxygen atoms in total. The molecule has 0 fully saturated rings. The van der Waals surface area contributed by atoms with Gasteiger partial charge in [0.1, 0.15) is 0 Å². The van der Waals surface area contributed by atoms with Gasteiger partial charge in [0.2, 0.25) is 0 Å². The molecule has 0 saturated carbocycles. The molecule has 0 atom stereocenters. The Balaban J connectivity index is 2.73. The summed E-state index contributed by atoms with van der Waals surface area (Å²) in [5, 5.41) is 9.72. The minimum atomic E-state index is -0.690. The van der Waals surface area contributed by atoms with Crippen LogP contribution in [-0.2, 0) is 6.54 Å². The highest BCUT2D eigenvalue weighted by molar-refractivity contribution is 9.10. The molecular weight excluding hydrogens is 268 g/mol. The minimum Gasteiger partial charge on any atom is -0.398 e. The maximum Gasteiger partial charge on any atom is 0.0718 e. The van der Waals surface area contributed by atoms with Crippen LogP contribution in [0.2, 0.25) is 0 Å². The predicted molar refractivity (Wildman–Crippen MR) is 71.2 cm³/mol. The van der Waals surface area contributed by atoms with E-state index in [4.69, 9.17) is 5.73 Å². The van der Waals surface area contributed by atoms with Gasteiger partial charge in [0.05, 0.1) is 5.60 Å². The Morgan fingerprint density at radius 2 is 2.06 bits per heavy atom. The molecule has 3 N–H and O–H groups in total. The fourth-order valence-electron chi connectivity index (χ4n) is 1.73. The molecule has 1 rings (SSSR count). The monoisotopic (exact) mass is 286 g/mol. The Morgan fingerprint density at radius 1 is 1.44 bits per heavy atom. The first-order valence-electron chi connectivity index (χ1n) is 5.23. The lowest BCUT2D eigenvalue weighted by Crippen LogP contribution is -2.36. The van der Waals surface area contributed by atoms with Crippen LogP contribution in [0, 0.1) is 0 Å². The van der Waals surface area contributed by atoms with Crippen LogP contribution in [0.4, 0.5) is 5.69 Å². The highest BCUT2D eigenvalue weighted by Crippen LogP contribution is 2.24. The summed E-state index contributed by atoms with van der Waals surface area (Å²) >= 11 is 3.49. The van der Waals surface area contributed by atoms with E-state index in [2.05, 4.69) is 20.8 Å². The molecule has 90 valence electrons. The summed E-state index contributed by atoms with van der Waals surface area (Å²) in [5.74, 6) is 0. The molecule has 0 aliphatic carbocycles. The maximum absolute atomic E-state index is 9.72. The van der Waals surface area contributed by atoms with Gasteiger partial charge in [0, 0.05) is 28.8 Å². The highest BCUT2D eigenvalue weighted by Gasteiger charge is 2.16. The number of hydrogen-bond acceptors (Lipinski definition) is 3. The number of halogens is 1. The molecule has 4 heteroatoms. The van der Waals surface area contributed by atoms with Gasteiger partial charge < -0.3 is 10.8 Å². The topological polar surface area (TPSA) is 49.5 Å². The van der Waals surface area contributed by atoms with Crippen LogP contribution in [0.25, 0.3) is 0 Å². The molecule has 0 aliphatic rings. The SMILES string of the molecule is CN(Cc1c(N)cccc1Br)CC(C)(C)O. The Labute approximate surface area is 105 Å². The summed E-state index contributed by atoms with van der Waals surface area (Å²) in [7, 11) is 1.97. The third-order valence-corrected chi connectivity index (χ3v) is 2.98. The van der Waals surface area contributed by atoms with Crippen molar-refractivity contribution < 1.29 is 5.11 Å². The standard InChI is InChI=1S/C12H19BrN2O/c1-12(2,16)8-15(3)7-9-10(13)5-4-6-11(9)14/h4-6,16H,7-8,14H2,1-3H3. The van der Waals surface area contributed by atoms with Gasteiger partial charge in [-0.1, -0.05) is 22.0 Å². The summed E-state index contributed by atoms with van der Waals surface area (Å²) < 4.78 is 1.01. The summed E-state index contributed by atoms with van der Waals surface area (Å²) in [6.07, 6.45) is 0. The molecule has 0 bridgehead atoms. The number of benzene rings is 1. The molecule has 1 aromatic rings. The average molecular weight is 287 g/mol. The predicted octanol–water partition coefficient (Wildman–Crippen LogP) is 2.23. The lowest BCUT2D eigenvalue weighted by atomic mass is 10.1. The molecule has 0 aliphatic heterocycles. The van der Waals surface area contributed by atoms with Gasteiger partial charge in [-0.25, -0.2) is 0 Å². The molecule has 0 spiro atoms. The number of aliphatic hydroxyl groups is 1. The van der Waals surface area contributed by atoms with Crippen LogP contribution in [0.15, 0.2) is 22.7 Å². The number of hydrogen-bond donors (Lipinski definition) is 2. The lowest BCUT2D eigenvalue weighted by Gasteiger charge is -2.26. The molecular formula is C12H19BrN2O. The van der Waals surface area contributed by atoms with Crippen molar-refractivity contribution in [3.63, 3.8) is 0 Å². The molecule has 0 unspecified atom stereocenters. The second-order valence-corrected chi connectivity index (χ2v) is 5.65. The maximum atomic E-state index is 9.72. The summed E-state index contributed by atoms with van der Waals surface area (Å²) in [6, 6.07) is 5.78. The summed E-state index contributed by atoms with van der Waals surface area (Å²) in [6.45, 7) is 4.92. The number of likely N-dealkylation sites (N-methyl/N-ethyl adjacent to an activating group) is 1. The quantitative estimate of drug-likeness (QED) is 0.835. The Hall–Kier alpha value is -0.580. The van der Waals surface area contributed by atoms with Crippen LogP contribution >= 0.6 is 15.9 Å². The molecule has 0 radical (unpaired) electrons. The Morgan fingerprint density at radius 3 is 2.56 bits per heavy atom. The number of anilines is 1. The zero-order valence-electron chi connectivity index (χ0n) is 10.00. The van der Waals surface area contributed by atoms with Gasteiger partial charge in [-0.2, -0.15) is 0 Å². The molecule has 0 heterocycles. The van der Waals surface area contributed by atoms with Crippen molar-refractivity contribution in [1.82, 2.24) is 4.90 Å². The van der Waals surface area contributed by atoms with Gasteiger partial charge >= 0.3 is 0 Å². The number of nitrogens with two attached hydrogens (primary N) is 1. The summed E-state index contributed by atoms with van der Waals surface area (Å²) in [4.78, 5) is 2.05. The van der Waals surface area contributed by atoms with E-state index < -0.39 is 5.60 Å². The number of nitrogen functional groups attached to an aromatic ring is 1. The van der Waals surface area contributed by atoms with Crippen molar-refractivity contribution in [3.05, 3.63) is 28.2 Å². The second kappa shape index (κ2) is 5.17. The fraction of sp³-hybridized carbons (Fsp3) is 0.500. The Bertz CT molecular complexity index is 340. The van der Waals surface area contributed by atoms with Crippen LogP contribution < -0.4 is 5.73 Å². The van der Waals surface area contributed by atoms with Gasteiger partial charge in [0.15, 0.2) is 0 Å².